The summed E-state index contributed by atoms with van der Waals surface area (Å²) in [5, 5.41) is 25.6. The summed E-state index contributed by atoms with van der Waals surface area (Å²) in [5.74, 6) is -1.12. The topological polar surface area (TPSA) is 90.6 Å². The first-order valence-electron chi connectivity index (χ1n) is 6.90. The van der Waals surface area contributed by atoms with Gasteiger partial charge in [-0.05, 0) is 6.92 Å². The highest BCUT2D eigenvalue weighted by Gasteiger charge is 2.24. The molecule has 20 heavy (non-hydrogen) atoms. The Kier molecular flexibility index (Phi) is 5.11. The lowest BCUT2D eigenvalue weighted by atomic mass is 10.1. The molecule has 1 atom stereocenters. The van der Waals surface area contributed by atoms with Crippen LogP contribution in [0.3, 0.4) is 0 Å². The Balaban J connectivity index is 2.02. The van der Waals surface area contributed by atoms with Gasteiger partial charge in [-0.3, -0.25) is 14.4 Å². The average molecular weight is 282 g/mol. The van der Waals surface area contributed by atoms with Crippen LogP contribution < -0.4 is 5.32 Å². The quantitative estimate of drug-likeness (QED) is 0.661. The number of aliphatic hydroxyl groups is 1. The van der Waals surface area contributed by atoms with E-state index in [1.807, 2.05) is 13.1 Å². The van der Waals surface area contributed by atoms with Gasteiger partial charge < -0.3 is 15.5 Å². The molecule has 0 spiro atoms. The molecule has 0 unspecified atom stereocenters. The fraction of sp³-hybridized carbons (Fsp3) is 0.692. The largest absolute Gasteiger partial charge is 0.481 e. The van der Waals surface area contributed by atoms with E-state index in [9.17, 15) is 4.79 Å². The predicted octanol–water partition coefficient (Wildman–Crippen LogP) is -0.710. The van der Waals surface area contributed by atoms with Crippen LogP contribution in [0.4, 0.5) is 0 Å². The maximum Gasteiger partial charge on any atom is 0.309 e. The Morgan fingerprint density at radius 1 is 1.60 bits per heavy atom. The first kappa shape index (κ1) is 15.0. The van der Waals surface area contributed by atoms with Gasteiger partial charge in [-0.2, -0.15) is 5.10 Å². The maximum absolute atomic E-state index is 11.2. The van der Waals surface area contributed by atoms with E-state index in [-0.39, 0.29) is 12.5 Å². The number of carboxylic acid groups (broad SMARTS) is 1. The lowest BCUT2D eigenvalue weighted by Crippen LogP contribution is -2.33. The molecular weight excluding hydrogens is 260 g/mol. The fourth-order valence-corrected chi connectivity index (χ4v) is 2.46. The molecule has 112 valence electrons. The lowest BCUT2D eigenvalue weighted by molar-refractivity contribution is -0.142. The second-order valence-corrected chi connectivity index (χ2v) is 5.20. The summed E-state index contributed by atoms with van der Waals surface area (Å²) in [4.78, 5) is 13.3. The van der Waals surface area contributed by atoms with E-state index in [0.717, 1.165) is 24.3 Å². The monoisotopic (exact) mass is 282 g/mol. The molecule has 7 nitrogen and oxygen atoms in total. The summed E-state index contributed by atoms with van der Waals surface area (Å²) in [5.41, 5.74) is 2.02. The summed E-state index contributed by atoms with van der Waals surface area (Å²) in [6, 6.07) is 0. The molecule has 1 aromatic rings. The molecule has 1 aliphatic heterocycles. The highest BCUT2D eigenvalue weighted by Crippen LogP contribution is 2.12. The van der Waals surface area contributed by atoms with Crippen LogP contribution in [0.1, 0.15) is 11.3 Å². The molecule has 0 radical (unpaired) electrons. The third-order valence-corrected chi connectivity index (χ3v) is 3.59. The summed E-state index contributed by atoms with van der Waals surface area (Å²) in [6.07, 6.45) is 1.93. The van der Waals surface area contributed by atoms with Gasteiger partial charge in [-0.15, -0.1) is 0 Å². The van der Waals surface area contributed by atoms with Crippen molar-refractivity contribution in [2.75, 3.05) is 32.8 Å². The Labute approximate surface area is 118 Å². The van der Waals surface area contributed by atoms with Crippen LogP contribution in [0, 0.1) is 12.8 Å². The van der Waals surface area contributed by atoms with Crippen LogP contribution in [0.25, 0.3) is 0 Å². The summed E-state index contributed by atoms with van der Waals surface area (Å²) in [7, 11) is 0. The van der Waals surface area contributed by atoms with Crippen molar-refractivity contribution in [1.29, 1.82) is 0 Å². The molecule has 1 fully saturated rings. The van der Waals surface area contributed by atoms with Crippen molar-refractivity contribution in [2.45, 2.75) is 20.0 Å². The Hall–Kier alpha value is -1.44. The van der Waals surface area contributed by atoms with Gasteiger partial charge in [0, 0.05) is 44.5 Å². The van der Waals surface area contributed by atoms with Gasteiger partial charge in [0.2, 0.25) is 0 Å². The number of aliphatic carboxylic acids is 1. The van der Waals surface area contributed by atoms with Crippen molar-refractivity contribution in [3.8, 4) is 0 Å². The number of carboxylic acids is 1. The number of rotatable bonds is 5. The zero-order chi connectivity index (χ0) is 14.5. The lowest BCUT2D eigenvalue weighted by Gasteiger charge is -2.21. The Bertz CT molecular complexity index is 460. The molecular formula is C13H22N4O3. The molecule has 3 N–H and O–H groups in total. The number of aliphatic hydroxyl groups excluding tert-OH is 1. The van der Waals surface area contributed by atoms with Crippen LogP contribution >= 0.6 is 0 Å². The highest BCUT2D eigenvalue weighted by atomic mass is 16.4. The van der Waals surface area contributed by atoms with E-state index in [4.69, 9.17) is 10.2 Å². The first-order valence-corrected chi connectivity index (χ1v) is 6.90. The second kappa shape index (κ2) is 6.83. The average Bonchev–Trinajstić information content (AvgIpc) is 2.62. The van der Waals surface area contributed by atoms with Gasteiger partial charge in [0.15, 0.2) is 0 Å². The zero-order valence-electron chi connectivity index (χ0n) is 11.7. The Morgan fingerprint density at radius 2 is 2.40 bits per heavy atom. The molecule has 1 saturated heterocycles. The molecule has 1 aromatic heterocycles. The minimum atomic E-state index is -0.753. The minimum Gasteiger partial charge on any atom is -0.481 e. The van der Waals surface area contributed by atoms with E-state index in [0.29, 0.717) is 26.2 Å². The van der Waals surface area contributed by atoms with Crippen molar-refractivity contribution in [3.63, 3.8) is 0 Å². The van der Waals surface area contributed by atoms with E-state index in [2.05, 4.69) is 15.3 Å². The molecule has 1 aliphatic rings. The van der Waals surface area contributed by atoms with Crippen molar-refractivity contribution >= 4 is 5.97 Å². The van der Waals surface area contributed by atoms with Crippen LogP contribution in [-0.4, -0.2) is 63.6 Å². The fourth-order valence-electron chi connectivity index (χ4n) is 2.46. The van der Waals surface area contributed by atoms with Crippen LogP contribution in [0.5, 0.6) is 0 Å². The molecule has 0 bridgehead atoms. The molecule has 2 rings (SSSR count). The Morgan fingerprint density at radius 3 is 3.10 bits per heavy atom. The van der Waals surface area contributed by atoms with Crippen molar-refractivity contribution in [3.05, 3.63) is 17.5 Å². The molecule has 2 heterocycles. The number of hydrogen-bond acceptors (Lipinski definition) is 5. The predicted molar refractivity (Wildman–Crippen MR) is 73.3 cm³/mol. The number of aryl methyl sites for hydroxylation is 1. The van der Waals surface area contributed by atoms with Crippen LogP contribution in [0.15, 0.2) is 6.20 Å². The zero-order valence-corrected chi connectivity index (χ0v) is 11.7. The third kappa shape index (κ3) is 3.78. The summed E-state index contributed by atoms with van der Waals surface area (Å²) in [6.45, 7) is 5.88. The number of aromatic nitrogens is 2. The second-order valence-electron chi connectivity index (χ2n) is 5.20. The normalized spacial score (nSPS) is 20.8. The maximum atomic E-state index is 11.2. The molecule has 0 aromatic carbocycles. The van der Waals surface area contributed by atoms with Gasteiger partial charge in [0.05, 0.1) is 24.8 Å². The SMILES string of the molecule is Cc1nn(CCO)cc1CN1CCNC[C@H](C(=O)O)C1. The standard InChI is InChI=1S/C13H22N4O3/c1-10-12(9-17(15-10)4-5-18)8-16-3-2-14-6-11(7-16)13(19)20/h9,11,14,18H,2-8H2,1H3,(H,19,20)/t11-/m0/s1. The first-order chi connectivity index (χ1) is 9.60. The number of hydrogen-bond donors (Lipinski definition) is 3. The highest BCUT2D eigenvalue weighted by molar-refractivity contribution is 5.70. The third-order valence-electron chi connectivity index (χ3n) is 3.59. The van der Waals surface area contributed by atoms with E-state index >= 15 is 0 Å². The number of nitrogens with zero attached hydrogens (tertiary/aromatic N) is 3. The van der Waals surface area contributed by atoms with Crippen LogP contribution in [-0.2, 0) is 17.9 Å². The van der Waals surface area contributed by atoms with E-state index in [1.165, 1.54) is 0 Å². The van der Waals surface area contributed by atoms with E-state index in [1.54, 1.807) is 4.68 Å². The van der Waals surface area contributed by atoms with Gasteiger partial charge in [-0.1, -0.05) is 0 Å². The summed E-state index contributed by atoms with van der Waals surface area (Å²) < 4.78 is 1.73. The molecule has 7 heteroatoms. The van der Waals surface area contributed by atoms with Gasteiger partial charge in [-0.25, -0.2) is 0 Å². The summed E-state index contributed by atoms with van der Waals surface area (Å²) >= 11 is 0. The molecule has 0 saturated carbocycles. The molecule has 0 amide bonds. The van der Waals surface area contributed by atoms with Gasteiger partial charge in [0.1, 0.15) is 0 Å². The van der Waals surface area contributed by atoms with Crippen molar-refractivity contribution < 1.29 is 15.0 Å². The van der Waals surface area contributed by atoms with Gasteiger partial charge in [0.25, 0.3) is 0 Å². The van der Waals surface area contributed by atoms with E-state index < -0.39 is 5.97 Å². The van der Waals surface area contributed by atoms with Crippen LogP contribution in [0.2, 0.25) is 0 Å². The molecule has 0 aliphatic carbocycles. The number of nitrogens with one attached hydrogen (secondary N) is 1. The number of carbonyl (C=O) groups is 1. The van der Waals surface area contributed by atoms with Crippen molar-refractivity contribution in [2.24, 2.45) is 5.92 Å². The smallest absolute Gasteiger partial charge is 0.309 e. The van der Waals surface area contributed by atoms with Crippen molar-refractivity contribution in [1.82, 2.24) is 20.0 Å². The minimum absolute atomic E-state index is 0.0648. The van der Waals surface area contributed by atoms with Gasteiger partial charge >= 0.3 is 5.97 Å².